The van der Waals surface area contributed by atoms with Gasteiger partial charge in [-0.15, -0.1) is 0 Å². The zero-order chi connectivity index (χ0) is 23.7. The van der Waals surface area contributed by atoms with Crippen LogP contribution < -0.4 is 0 Å². The molecule has 0 bridgehead atoms. The predicted octanol–water partition coefficient (Wildman–Crippen LogP) is 6.02. The normalized spacial score (nSPS) is 27.0. The van der Waals surface area contributed by atoms with E-state index in [0.717, 1.165) is 15.6 Å². The molecule has 1 aliphatic heterocycles. The highest BCUT2D eigenvalue weighted by Crippen LogP contribution is 2.43. The lowest BCUT2D eigenvalue weighted by Gasteiger charge is -2.45. The molecule has 0 aliphatic carbocycles. The third kappa shape index (κ3) is 6.10. The van der Waals surface area contributed by atoms with Gasteiger partial charge < -0.3 is 14.2 Å². The van der Waals surface area contributed by atoms with Gasteiger partial charge in [0.1, 0.15) is 18.8 Å². The molecular weight excluding hydrogens is 460 g/mol. The van der Waals surface area contributed by atoms with Crippen LogP contribution in [-0.4, -0.2) is 30.8 Å². The summed E-state index contributed by atoms with van der Waals surface area (Å²) >= 11 is 3.61. The quantitative estimate of drug-likeness (QED) is 0.477. The fraction of sp³-hybridized carbons (Fsp3) is 0.680. The highest BCUT2D eigenvalue weighted by atomic mass is 79.9. The monoisotopic (exact) mass is 496 g/mol. The number of rotatable bonds is 4. The summed E-state index contributed by atoms with van der Waals surface area (Å²) in [6.07, 6.45) is -1.25. The van der Waals surface area contributed by atoms with E-state index in [-0.39, 0.29) is 36.5 Å². The molecule has 31 heavy (non-hydrogen) atoms. The van der Waals surface area contributed by atoms with Gasteiger partial charge in [0.15, 0.2) is 0 Å². The first-order valence-electron chi connectivity index (χ1n) is 10.9. The Morgan fingerprint density at radius 2 is 1.58 bits per heavy atom. The summed E-state index contributed by atoms with van der Waals surface area (Å²) in [5.41, 5.74) is 0.947. The van der Waals surface area contributed by atoms with Gasteiger partial charge in [0, 0.05) is 10.4 Å². The van der Waals surface area contributed by atoms with Crippen molar-refractivity contribution in [2.24, 2.45) is 22.7 Å². The van der Waals surface area contributed by atoms with E-state index in [1.807, 2.05) is 53.7 Å². The van der Waals surface area contributed by atoms with Crippen LogP contribution >= 0.6 is 15.9 Å². The minimum absolute atomic E-state index is 0.0155. The van der Waals surface area contributed by atoms with Crippen LogP contribution in [0.15, 0.2) is 22.7 Å². The molecule has 1 fully saturated rings. The first kappa shape index (κ1) is 25.9. The Kier molecular flexibility index (Phi) is 8.02. The summed E-state index contributed by atoms with van der Waals surface area (Å²) in [5.74, 6) is -0.482. The molecule has 1 aromatic rings. The second kappa shape index (κ2) is 9.62. The van der Waals surface area contributed by atoms with Crippen LogP contribution in [0.1, 0.15) is 72.6 Å². The van der Waals surface area contributed by atoms with Crippen molar-refractivity contribution in [3.63, 3.8) is 0 Å². The topological polar surface area (TPSA) is 61.8 Å². The lowest BCUT2D eigenvalue weighted by Crippen LogP contribution is -2.51. The van der Waals surface area contributed by atoms with E-state index >= 15 is 0 Å². The van der Waals surface area contributed by atoms with Crippen LogP contribution in [0.2, 0.25) is 0 Å². The van der Waals surface area contributed by atoms with Crippen molar-refractivity contribution in [2.75, 3.05) is 6.61 Å². The second-order valence-corrected chi connectivity index (χ2v) is 11.6. The summed E-state index contributed by atoms with van der Waals surface area (Å²) < 4.78 is 19.1. The van der Waals surface area contributed by atoms with Gasteiger partial charge in [-0.2, -0.15) is 0 Å². The molecule has 5 atom stereocenters. The van der Waals surface area contributed by atoms with Gasteiger partial charge >= 0.3 is 11.9 Å². The molecular formula is C25H37BrO5. The number of benzene rings is 1. The van der Waals surface area contributed by atoms with Crippen LogP contribution in [-0.2, 0) is 23.8 Å². The average molecular weight is 497 g/mol. The summed E-state index contributed by atoms with van der Waals surface area (Å²) in [5, 5.41) is 0. The molecule has 0 saturated carbocycles. The largest absolute Gasteiger partial charge is 0.462 e. The van der Waals surface area contributed by atoms with Crippen LogP contribution in [0.3, 0.4) is 0 Å². The maximum Gasteiger partial charge on any atom is 0.311 e. The van der Waals surface area contributed by atoms with Crippen molar-refractivity contribution in [1.82, 2.24) is 0 Å². The van der Waals surface area contributed by atoms with Crippen molar-refractivity contribution < 1.29 is 23.8 Å². The smallest absolute Gasteiger partial charge is 0.311 e. The molecule has 1 aromatic carbocycles. The Hall–Kier alpha value is -1.40. The maximum absolute atomic E-state index is 12.7. The summed E-state index contributed by atoms with van der Waals surface area (Å²) in [6.45, 7) is 17.2. The number of carbonyl (C=O) groups excluding carboxylic acids is 2. The summed E-state index contributed by atoms with van der Waals surface area (Å²) in [7, 11) is 0. The van der Waals surface area contributed by atoms with E-state index in [1.54, 1.807) is 0 Å². The highest BCUT2D eigenvalue weighted by molar-refractivity contribution is 9.10. The van der Waals surface area contributed by atoms with E-state index in [1.165, 1.54) is 0 Å². The Bertz CT molecular complexity index is 805. The number of esters is 2. The Morgan fingerprint density at radius 3 is 2.13 bits per heavy atom. The maximum atomic E-state index is 12.7. The zero-order valence-electron chi connectivity index (χ0n) is 20.2. The third-order valence-electron chi connectivity index (χ3n) is 5.98. The molecule has 5 nitrogen and oxygen atoms in total. The molecule has 1 heterocycles. The molecule has 0 unspecified atom stereocenters. The van der Waals surface area contributed by atoms with Crippen LogP contribution in [0, 0.1) is 29.6 Å². The van der Waals surface area contributed by atoms with Crippen LogP contribution in [0.5, 0.6) is 0 Å². The van der Waals surface area contributed by atoms with E-state index in [9.17, 15) is 9.59 Å². The average Bonchev–Trinajstić information content (AvgIpc) is 2.65. The number of hydrogen-bond donors (Lipinski definition) is 0. The fourth-order valence-corrected chi connectivity index (χ4v) is 3.97. The molecule has 0 aromatic heterocycles. The van der Waals surface area contributed by atoms with Crippen molar-refractivity contribution in [2.45, 2.75) is 80.6 Å². The third-order valence-corrected chi connectivity index (χ3v) is 6.83. The lowest BCUT2D eigenvalue weighted by atomic mass is 9.78. The first-order chi connectivity index (χ1) is 14.1. The van der Waals surface area contributed by atoms with Crippen LogP contribution in [0.25, 0.3) is 0 Å². The minimum atomic E-state index is -0.632. The Morgan fingerprint density at radius 1 is 1.00 bits per heavy atom. The summed E-state index contributed by atoms with van der Waals surface area (Å²) in [4.78, 5) is 25.1. The minimum Gasteiger partial charge on any atom is -0.462 e. The fourth-order valence-electron chi connectivity index (χ4n) is 3.58. The van der Waals surface area contributed by atoms with Crippen molar-refractivity contribution >= 4 is 27.9 Å². The van der Waals surface area contributed by atoms with Gasteiger partial charge in [-0.3, -0.25) is 9.59 Å². The van der Waals surface area contributed by atoms with Gasteiger partial charge in [0.2, 0.25) is 0 Å². The van der Waals surface area contributed by atoms with Crippen molar-refractivity contribution in [3.05, 3.63) is 33.8 Å². The van der Waals surface area contributed by atoms with Gasteiger partial charge in [-0.1, -0.05) is 41.9 Å². The zero-order valence-corrected chi connectivity index (χ0v) is 21.8. The first-order valence-corrected chi connectivity index (χ1v) is 11.7. The van der Waals surface area contributed by atoms with Gasteiger partial charge in [-0.25, -0.2) is 0 Å². The van der Waals surface area contributed by atoms with Gasteiger partial charge in [-0.05, 0) is 71.6 Å². The summed E-state index contributed by atoms with van der Waals surface area (Å²) in [6, 6.07) is 6.06. The van der Waals surface area contributed by atoms with Crippen LogP contribution in [0.4, 0.5) is 0 Å². The molecule has 0 N–H and O–H groups in total. The molecule has 2 rings (SSSR count). The molecule has 0 radical (unpaired) electrons. The number of ether oxygens (including phenoxy) is 3. The second-order valence-electron chi connectivity index (χ2n) is 10.7. The van der Waals surface area contributed by atoms with Gasteiger partial charge in [0.05, 0.1) is 16.9 Å². The van der Waals surface area contributed by atoms with E-state index in [0.29, 0.717) is 0 Å². The molecule has 1 aliphatic rings. The van der Waals surface area contributed by atoms with E-state index in [2.05, 4.69) is 42.8 Å². The molecule has 0 amide bonds. The molecule has 174 valence electrons. The number of hydrogen-bond acceptors (Lipinski definition) is 5. The Labute approximate surface area is 195 Å². The predicted molar refractivity (Wildman–Crippen MR) is 125 cm³/mol. The molecule has 1 saturated heterocycles. The standard InChI is InChI=1S/C25H37BrO5/c1-14-15(2)21(31-23(28)25(7,8)9)19(13-29-22(27)24(4,5)6)30-20(14)17-11-10-12-18(26)16(17)3/h10-12,14-15,19-21H,13H2,1-9H3/t14-,15+,19+,20-,21-/m0/s1. The van der Waals surface area contributed by atoms with Crippen molar-refractivity contribution in [3.8, 4) is 0 Å². The molecule has 0 spiro atoms. The van der Waals surface area contributed by atoms with E-state index < -0.39 is 23.0 Å². The Balaban J connectivity index is 2.35. The number of halogens is 1. The van der Waals surface area contributed by atoms with E-state index in [4.69, 9.17) is 14.2 Å². The van der Waals surface area contributed by atoms with Crippen molar-refractivity contribution in [1.29, 1.82) is 0 Å². The highest BCUT2D eigenvalue weighted by Gasteiger charge is 2.46. The van der Waals surface area contributed by atoms with Gasteiger partial charge in [0.25, 0.3) is 0 Å². The SMILES string of the molecule is Cc1c(Br)cccc1[C@H]1O[C@H](COC(=O)C(C)(C)C)[C@@H](OC(=O)C(C)(C)C)[C@H](C)[C@@H]1C. The number of carbonyl (C=O) groups is 2. The lowest BCUT2D eigenvalue weighted by molar-refractivity contribution is -0.214. The molecule has 6 heteroatoms.